The number of rotatable bonds is 3. The monoisotopic (exact) mass is 377 g/mol. The molecule has 1 saturated heterocycles. The first-order valence-electron chi connectivity index (χ1n) is 10.0. The van der Waals surface area contributed by atoms with E-state index >= 15 is 0 Å². The van der Waals surface area contributed by atoms with Gasteiger partial charge in [0.25, 0.3) is 0 Å². The standard InChI is InChI=1S/C24H27NO3/c1-16-14-20(17-10-12-25(13-11-17)24(26)27)8-7-19(16)15-21-9-6-18-4-3-5-22(28-2)23(18)21/h3-5,7-8,14-15,17H,6,9-13H2,1-2H3,(H,26,27)/b21-15+. The molecule has 4 nitrogen and oxygen atoms in total. The smallest absolute Gasteiger partial charge is 0.407 e. The van der Waals surface area contributed by atoms with E-state index in [0.717, 1.165) is 31.4 Å². The first-order valence-corrected chi connectivity index (χ1v) is 10.0. The molecular formula is C24H27NO3. The van der Waals surface area contributed by atoms with E-state index in [-0.39, 0.29) is 0 Å². The first kappa shape index (κ1) is 18.6. The van der Waals surface area contributed by atoms with Crippen molar-refractivity contribution in [2.45, 2.75) is 38.5 Å². The number of aryl methyl sites for hydroxylation is 2. The zero-order chi connectivity index (χ0) is 19.7. The highest BCUT2D eigenvalue weighted by Gasteiger charge is 2.24. The molecule has 0 spiro atoms. The van der Waals surface area contributed by atoms with Gasteiger partial charge in [0.05, 0.1) is 7.11 Å². The van der Waals surface area contributed by atoms with E-state index in [4.69, 9.17) is 9.84 Å². The van der Waals surface area contributed by atoms with E-state index in [1.54, 1.807) is 7.11 Å². The van der Waals surface area contributed by atoms with Gasteiger partial charge in [0.15, 0.2) is 0 Å². The predicted molar refractivity (Wildman–Crippen MR) is 112 cm³/mol. The number of methoxy groups -OCH3 is 1. The molecule has 0 unspecified atom stereocenters. The van der Waals surface area contributed by atoms with Crippen molar-refractivity contribution in [1.29, 1.82) is 0 Å². The Hall–Kier alpha value is -2.75. The molecular weight excluding hydrogens is 350 g/mol. The average Bonchev–Trinajstić information content (AvgIpc) is 3.12. The summed E-state index contributed by atoms with van der Waals surface area (Å²) in [7, 11) is 1.74. The van der Waals surface area contributed by atoms with Gasteiger partial charge in [-0.05, 0) is 72.4 Å². The number of hydrogen-bond acceptors (Lipinski definition) is 2. The van der Waals surface area contributed by atoms with Crippen LogP contribution in [0.5, 0.6) is 5.75 Å². The molecule has 4 heteroatoms. The number of fused-ring (bicyclic) bond motifs is 1. The highest BCUT2D eigenvalue weighted by Crippen LogP contribution is 2.40. The molecule has 2 aromatic carbocycles. The number of likely N-dealkylation sites (tertiary alicyclic amines) is 1. The summed E-state index contributed by atoms with van der Waals surface area (Å²) in [5.41, 5.74) is 7.82. The molecule has 1 heterocycles. The van der Waals surface area contributed by atoms with Gasteiger partial charge in [-0.1, -0.05) is 36.4 Å². The maximum absolute atomic E-state index is 11.1. The van der Waals surface area contributed by atoms with Gasteiger partial charge < -0.3 is 14.7 Å². The molecule has 146 valence electrons. The van der Waals surface area contributed by atoms with Gasteiger partial charge in [0, 0.05) is 18.7 Å². The molecule has 0 bridgehead atoms. The Bertz CT molecular complexity index is 923. The summed E-state index contributed by atoms with van der Waals surface area (Å²) in [6, 6.07) is 13.0. The van der Waals surface area contributed by atoms with Crippen LogP contribution < -0.4 is 4.74 Å². The molecule has 0 aromatic heterocycles. The lowest BCUT2D eigenvalue weighted by Gasteiger charge is -2.30. The Kier molecular flexibility index (Phi) is 5.12. The Balaban J connectivity index is 1.56. The maximum atomic E-state index is 11.1. The first-order chi connectivity index (χ1) is 13.6. The lowest BCUT2D eigenvalue weighted by atomic mass is 9.87. The van der Waals surface area contributed by atoms with Gasteiger partial charge in [0.2, 0.25) is 0 Å². The lowest BCUT2D eigenvalue weighted by Crippen LogP contribution is -2.36. The average molecular weight is 377 g/mol. The van der Waals surface area contributed by atoms with Crippen LogP contribution in [0.25, 0.3) is 11.6 Å². The summed E-state index contributed by atoms with van der Waals surface area (Å²) in [5, 5.41) is 9.13. The normalized spacial score (nSPS) is 18.4. The third-order valence-electron chi connectivity index (χ3n) is 6.18. The SMILES string of the molecule is COc1cccc2c1/C(=C/c1ccc(C3CCN(C(=O)O)CC3)cc1C)CC2. The summed E-state index contributed by atoms with van der Waals surface area (Å²) < 4.78 is 5.59. The van der Waals surface area contributed by atoms with Crippen molar-refractivity contribution in [3.05, 3.63) is 64.2 Å². The molecule has 1 aliphatic heterocycles. The molecule has 2 aliphatic rings. The Labute approximate surface area is 166 Å². The number of allylic oxidation sites excluding steroid dienone is 1. The molecule has 1 aliphatic carbocycles. The third kappa shape index (κ3) is 3.51. The molecule has 4 rings (SSSR count). The van der Waals surface area contributed by atoms with Gasteiger partial charge in [-0.15, -0.1) is 0 Å². The van der Waals surface area contributed by atoms with Crippen LogP contribution in [0.3, 0.4) is 0 Å². The van der Waals surface area contributed by atoms with Crippen LogP contribution in [-0.4, -0.2) is 36.3 Å². The lowest BCUT2D eigenvalue weighted by molar-refractivity contribution is 0.132. The Morgan fingerprint density at radius 2 is 1.96 bits per heavy atom. The second-order valence-electron chi connectivity index (χ2n) is 7.82. The Morgan fingerprint density at radius 1 is 1.18 bits per heavy atom. The van der Waals surface area contributed by atoms with Crippen LogP contribution in [0.2, 0.25) is 0 Å². The van der Waals surface area contributed by atoms with E-state index in [1.165, 1.54) is 38.3 Å². The fraction of sp³-hybridized carbons (Fsp3) is 0.375. The minimum atomic E-state index is -0.802. The number of nitrogens with zero attached hydrogens (tertiary/aromatic N) is 1. The second-order valence-corrected chi connectivity index (χ2v) is 7.82. The highest BCUT2D eigenvalue weighted by molar-refractivity contribution is 5.88. The number of carboxylic acid groups (broad SMARTS) is 1. The molecule has 28 heavy (non-hydrogen) atoms. The van der Waals surface area contributed by atoms with Gasteiger partial charge >= 0.3 is 6.09 Å². The molecule has 1 fully saturated rings. The topological polar surface area (TPSA) is 49.8 Å². The molecule has 0 radical (unpaired) electrons. The maximum Gasteiger partial charge on any atom is 0.407 e. The summed E-state index contributed by atoms with van der Waals surface area (Å²) in [6.45, 7) is 3.42. The van der Waals surface area contributed by atoms with Crippen LogP contribution in [0, 0.1) is 6.92 Å². The number of carbonyl (C=O) groups is 1. The molecule has 2 aromatic rings. The number of hydrogen-bond donors (Lipinski definition) is 1. The second kappa shape index (κ2) is 7.70. The van der Waals surface area contributed by atoms with Gasteiger partial charge in [0.1, 0.15) is 5.75 Å². The highest BCUT2D eigenvalue weighted by atomic mass is 16.5. The van der Waals surface area contributed by atoms with E-state index < -0.39 is 6.09 Å². The molecule has 1 amide bonds. The quantitative estimate of drug-likeness (QED) is 0.785. The molecule has 1 N–H and O–H groups in total. The summed E-state index contributed by atoms with van der Waals surface area (Å²) in [4.78, 5) is 12.6. The van der Waals surface area contributed by atoms with Crippen molar-refractivity contribution in [3.8, 4) is 5.75 Å². The minimum absolute atomic E-state index is 0.448. The number of amides is 1. The van der Waals surface area contributed by atoms with E-state index in [2.05, 4.69) is 43.3 Å². The minimum Gasteiger partial charge on any atom is -0.496 e. The van der Waals surface area contributed by atoms with E-state index in [0.29, 0.717) is 19.0 Å². The molecule has 0 atom stereocenters. The van der Waals surface area contributed by atoms with Crippen LogP contribution in [0.15, 0.2) is 36.4 Å². The number of piperidine rings is 1. The predicted octanol–water partition coefficient (Wildman–Crippen LogP) is 5.35. The van der Waals surface area contributed by atoms with E-state index in [9.17, 15) is 4.79 Å². The summed E-state index contributed by atoms with van der Waals surface area (Å²) in [6.07, 6.45) is 5.42. The van der Waals surface area contributed by atoms with Gasteiger partial charge in [-0.25, -0.2) is 4.79 Å². The zero-order valence-electron chi connectivity index (χ0n) is 16.6. The van der Waals surface area contributed by atoms with Crippen molar-refractivity contribution in [1.82, 2.24) is 4.90 Å². The largest absolute Gasteiger partial charge is 0.496 e. The van der Waals surface area contributed by atoms with Crippen molar-refractivity contribution in [2.75, 3.05) is 20.2 Å². The summed E-state index contributed by atoms with van der Waals surface area (Å²) in [5.74, 6) is 1.41. The fourth-order valence-electron chi connectivity index (χ4n) is 4.56. The fourth-order valence-corrected chi connectivity index (χ4v) is 4.56. The molecule has 0 saturated carbocycles. The van der Waals surface area contributed by atoms with Crippen molar-refractivity contribution in [2.24, 2.45) is 0 Å². The van der Waals surface area contributed by atoms with Crippen LogP contribution >= 0.6 is 0 Å². The van der Waals surface area contributed by atoms with Crippen LogP contribution in [0.1, 0.15) is 53.0 Å². The van der Waals surface area contributed by atoms with Crippen LogP contribution in [-0.2, 0) is 6.42 Å². The third-order valence-corrected chi connectivity index (χ3v) is 6.18. The summed E-state index contributed by atoms with van der Waals surface area (Å²) >= 11 is 0. The zero-order valence-corrected chi connectivity index (χ0v) is 16.6. The van der Waals surface area contributed by atoms with Gasteiger partial charge in [-0.2, -0.15) is 0 Å². The number of benzene rings is 2. The van der Waals surface area contributed by atoms with Gasteiger partial charge in [-0.3, -0.25) is 0 Å². The number of ether oxygens (including phenoxy) is 1. The van der Waals surface area contributed by atoms with Crippen molar-refractivity contribution in [3.63, 3.8) is 0 Å². The Morgan fingerprint density at radius 3 is 2.64 bits per heavy atom. The van der Waals surface area contributed by atoms with E-state index in [1.807, 2.05) is 6.07 Å². The van der Waals surface area contributed by atoms with Crippen molar-refractivity contribution >= 4 is 17.7 Å². The van der Waals surface area contributed by atoms with Crippen LogP contribution in [0.4, 0.5) is 4.79 Å². The van der Waals surface area contributed by atoms with Crippen molar-refractivity contribution < 1.29 is 14.6 Å².